The van der Waals surface area contributed by atoms with Crippen LogP contribution in [0, 0.1) is 0 Å². The van der Waals surface area contributed by atoms with Gasteiger partial charge >= 0.3 is 0 Å². The van der Waals surface area contributed by atoms with Gasteiger partial charge in [0.1, 0.15) is 11.9 Å². The second-order valence-electron chi connectivity index (χ2n) is 3.78. The Morgan fingerprint density at radius 3 is 2.82 bits per heavy atom. The van der Waals surface area contributed by atoms with Gasteiger partial charge in [0.25, 0.3) is 0 Å². The molecule has 0 fully saturated rings. The van der Waals surface area contributed by atoms with Crippen molar-refractivity contribution in [3.63, 3.8) is 0 Å². The molecule has 1 N–H and O–H groups in total. The van der Waals surface area contributed by atoms with Crippen LogP contribution in [0.4, 0.5) is 0 Å². The number of nitrogens with zero attached hydrogens (tertiary/aromatic N) is 2. The number of imidazole rings is 1. The molecule has 1 atom stereocenters. The largest absolute Gasteiger partial charge is 0.380 e. The zero-order valence-electron chi connectivity index (χ0n) is 9.78. The van der Waals surface area contributed by atoms with Crippen LogP contribution in [0.1, 0.15) is 17.5 Å². The molecule has 17 heavy (non-hydrogen) atoms. The van der Waals surface area contributed by atoms with Crippen LogP contribution in [0.25, 0.3) is 0 Å². The normalized spacial score (nSPS) is 12.6. The van der Waals surface area contributed by atoms with Crippen molar-refractivity contribution < 1.29 is 5.11 Å². The van der Waals surface area contributed by atoms with Gasteiger partial charge in [-0.25, -0.2) is 4.98 Å². The van der Waals surface area contributed by atoms with E-state index in [0.717, 1.165) is 17.9 Å². The molecule has 4 heteroatoms. The maximum Gasteiger partial charge on any atom is 0.142 e. The monoisotopic (exact) mass is 248 g/mol. The predicted molar refractivity (Wildman–Crippen MR) is 71.1 cm³/mol. The minimum atomic E-state index is -0.645. The number of benzene rings is 1. The van der Waals surface area contributed by atoms with Crippen LogP contribution >= 0.6 is 11.8 Å². The molecule has 0 amide bonds. The van der Waals surface area contributed by atoms with Gasteiger partial charge in [0.05, 0.1) is 0 Å². The molecule has 2 aromatic rings. The van der Waals surface area contributed by atoms with Gasteiger partial charge in [0, 0.05) is 24.7 Å². The molecule has 0 saturated heterocycles. The van der Waals surface area contributed by atoms with Gasteiger partial charge in [0.2, 0.25) is 0 Å². The van der Waals surface area contributed by atoms with E-state index in [1.54, 1.807) is 18.0 Å². The predicted octanol–water partition coefficient (Wildman–Crippen LogP) is 2.33. The fourth-order valence-electron chi connectivity index (χ4n) is 1.73. The van der Waals surface area contributed by atoms with Crippen molar-refractivity contribution in [3.05, 3.63) is 54.1 Å². The van der Waals surface area contributed by atoms with Crippen molar-refractivity contribution in [1.29, 1.82) is 0 Å². The number of hydrogen-bond donors (Lipinski definition) is 1. The van der Waals surface area contributed by atoms with E-state index in [-0.39, 0.29) is 0 Å². The van der Waals surface area contributed by atoms with Gasteiger partial charge in [-0.15, -0.1) is 0 Å². The molecule has 1 aromatic carbocycles. The van der Waals surface area contributed by atoms with Gasteiger partial charge in [-0.05, 0) is 11.8 Å². The Kier molecular flexibility index (Phi) is 4.23. The number of aliphatic hydroxyl groups is 1. The van der Waals surface area contributed by atoms with Crippen LogP contribution in [0.2, 0.25) is 0 Å². The molecule has 0 bridgehead atoms. The fraction of sp³-hybridized carbons (Fsp3) is 0.308. The van der Waals surface area contributed by atoms with E-state index in [1.807, 2.05) is 41.1 Å². The lowest BCUT2D eigenvalue weighted by Gasteiger charge is -2.13. The summed E-state index contributed by atoms with van der Waals surface area (Å²) in [5.74, 6) is 1.73. The molecule has 3 nitrogen and oxygen atoms in total. The lowest BCUT2D eigenvalue weighted by Crippen LogP contribution is -2.10. The molecular weight excluding hydrogens is 232 g/mol. The number of thioether (sulfide) groups is 1. The zero-order valence-corrected chi connectivity index (χ0v) is 10.6. The highest BCUT2D eigenvalue weighted by atomic mass is 32.2. The van der Waals surface area contributed by atoms with Crippen molar-refractivity contribution in [2.45, 2.75) is 12.6 Å². The molecule has 0 aliphatic carbocycles. The first-order chi connectivity index (χ1) is 8.33. The summed E-state index contributed by atoms with van der Waals surface area (Å²) >= 11 is 1.79. The molecule has 1 aromatic heterocycles. The third-order valence-corrected chi connectivity index (χ3v) is 3.23. The number of rotatable bonds is 5. The summed E-state index contributed by atoms with van der Waals surface area (Å²) in [5.41, 5.74) is 0.879. The smallest absolute Gasteiger partial charge is 0.142 e. The van der Waals surface area contributed by atoms with E-state index in [4.69, 9.17) is 0 Å². The molecule has 0 radical (unpaired) electrons. The van der Waals surface area contributed by atoms with Crippen molar-refractivity contribution >= 4 is 11.8 Å². The zero-order chi connectivity index (χ0) is 12.1. The number of aromatic nitrogens is 2. The van der Waals surface area contributed by atoms with E-state index < -0.39 is 6.10 Å². The molecule has 90 valence electrons. The quantitative estimate of drug-likeness (QED) is 0.882. The summed E-state index contributed by atoms with van der Waals surface area (Å²) in [6.07, 6.45) is 5.08. The molecule has 0 unspecified atom stereocenters. The molecule has 0 spiro atoms. The van der Waals surface area contributed by atoms with Gasteiger partial charge in [-0.2, -0.15) is 11.8 Å². The van der Waals surface area contributed by atoms with Crippen LogP contribution in [-0.4, -0.2) is 26.7 Å². The first kappa shape index (κ1) is 12.2. The van der Waals surface area contributed by atoms with Crippen molar-refractivity contribution in [2.24, 2.45) is 0 Å². The molecular formula is C13H16N2OS. The topological polar surface area (TPSA) is 38.0 Å². The Bertz CT molecular complexity index is 455. The summed E-state index contributed by atoms with van der Waals surface area (Å²) in [4.78, 5) is 4.25. The average Bonchev–Trinajstić information content (AvgIpc) is 2.84. The SMILES string of the molecule is CSCCn1ccnc1[C@H](O)c1ccccc1. The standard InChI is InChI=1S/C13H16N2OS/c1-17-10-9-15-8-7-14-13(15)12(16)11-5-3-2-4-6-11/h2-8,12,16H,9-10H2,1H3/t12-/m1/s1. The number of aliphatic hydroxyl groups excluding tert-OH is 1. The van der Waals surface area contributed by atoms with Gasteiger partial charge in [-0.3, -0.25) is 0 Å². The molecule has 0 aliphatic heterocycles. The Labute approximate surface area is 106 Å². The van der Waals surface area contributed by atoms with Gasteiger partial charge < -0.3 is 9.67 Å². The van der Waals surface area contributed by atoms with E-state index in [2.05, 4.69) is 11.2 Å². The lowest BCUT2D eigenvalue weighted by atomic mass is 10.1. The summed E-state index contributed by atoms with van der Waals surface area (Å²) in [6, 6.07) is 9.62. The van der Waals surface area contributed by atoms with Crippen molar-refractivity contribution in [3.8, 4) is 0 Å². The van der Waals surface area contributed by atoms with Crippen LogP contribution in [0.5, 0.6) is 0 Å². The molecule has 1 heterocycles. The third kappa shape index (κ3) is 2.90. The number of hydrogen-bond acceptors (Lipinski definition) is 3. The van der Waals surface area contributed by atoms with E-state index in [1.165, 1.54) is 0 Å². The van der Waals surface area contributed by atoms with Gasteiger partial charge in [0.15, 0.2) is 0 Å². The molecule has 0 saturated carbocycles. The Balaban J connectivity index is 2.19. The minimum Gasteiger partial charge on any atom is -0.380 e. The number of aryl methyl sites for hydroxylation is 1. The van der Waals surface area contributed by atoms with Gasteiger partial charge in [-0.1, -0.05) is 30.3 Å². The first-order valence-corrected chi connectivity index (χ1v) is 6.95. The van der Waals surface area contributed by atoms with E-state index in [9.17, 15) is 5.11 Å². The second-order valence-corrected chi connectivity index (χ2v) is 4.77. The Morgan fingerprint density at radius 2 is 2.12 bits per heavy atom. The average molecular weight is 248 g/mol. The summed E-state index contributed by atoms with van der Waals surface area (Å²) < 4.78 is 2.01. The van der Waals surface area contributed by atoms with Crippen LogP contribution < -0.4 is 0 Å². The van der Waals surface area contributed by atoms with Crippen LogP contribution in [-0.2, 0) is 6.54 Å². The third-order valence-electron chi connectivity index (χ3n) is 2.64. The van der Waals surface area contributed by atoms with Crippen LogP contribution in [0.15, 0.2) is 42.7 Å². The van der Waals surface area contributed by atoms with Crippen molar-refractivity contribution in [1.82, 2.24) is 9.55 Å². The summed E-state index contributed by atoms with van der Waals surface area (Å²) in [7, 11) is 0. The summed E-state index contributed by atoms with van der Waals surface area (Å²) in [5, 5.41) is 10.3. The highest BCUT2D eigenvalue weighted by molar-refractivity contribution is 7.98. The van der Waals surface area contributed by atoms with E-state index >= 15 is 0 Å². The molecule has 2 rings (SSSR count). The molecule has 0 aliphatic rings. The highest BCUT2D eigenvalue weighted by Crippen LogP contribution is 2.20. The maximum absolute atomic E-state index is 10.3. The fourth-order valence-corrected chi connectivity index (χ4v) is 2.11. The van der Waals surface area contributed by atoms with Crippen molar-refractivity contribution in [2.75, 3.05) is 12.0 Å². The Hall–Kier alpha value is -1.26. The van der Waals surface area contributed by atoms with Crippen LogP contribution in [0.3, 0.4) is 0 Å². The highest BCUT2D eigenvalue weighted by Gasteiger charge is 2.15. The maximum atomic E-state index is 10.3. The Morgan fingerprint density at radius 1 is 1.35 bits per heavy atom. The first-order valence-electron chi connectivity index (χ1n) is 5.56. The summed E-state index contributed by atoms with van der Waals surface area (Å²) in [6.45, 7) is 0.875. The minimum absolute atomic E-state index is 0.645. The lowest BCUT2D eigenvalue weighted by molar-refractivity contribution is 0.205. The second kappa shape index (κ2) is 5.89. The van der Waals surface area contributed by atoms with E-state index in [0.29, 0.717) is 5.82 Å².